The van der Waals surface area contributed by atoms with E-state index in [1.54, 1.807) is 81.6 Å². The maximum Gasteiger partial charge on any atom is 0.303 e. The molecule has 2 heterocycles. The summed E-state index contributed by atoms with van der Waals surface area (Å²) in [5.74, 6) is -14.9. The van der Waals surface area contributed by atoms with Gasteiger partial charge in [-0.3, -0.25) is 81.5 Å². The molecule has 3 aromatic carbocycles. The van der Waals surface area contributed by atoms with Gasteiger partial charge in [0.25, 0.3) is 0 Å². The van der Waals surface area contributed by atoms with E-state index in [1.807, 2.05) is 12.2 Å². The number of H-pyrrole nitrogens is 1. The molecule has 0 saturated heterocycles. The molecule has 6 rings (SSSR count). The first-order valence-electron chi connectivity index (χ1n) is 45.3. The highest BCUT2D eigenvalue weighted by Gasteiger charge is 2.44. The van der Waals surface area contributed by atoms with Crippen LogP contribution in [0.5, 0.6) is 5.75 Å². The molecule has 0 spiro atoms. The minimum Gasteiger partial charge on any atom is -0.508 e. The summed E-state index contributed by atoms with van der Waals surface area (Å²) in [7, 11) is 0. The van der Waals surface area contributed by atoms with Gasteiger partial charge in [-0.05, 0) is 172 Å². The number of Topliss-reactive ketones (excluding diaryl/α,β-unsaturated/α-hetero) is 10. The van der Waals surface area contributed by atoms with E-state index in [9.17, 15) is 82.8 Å². The van der Waals surface area contributed by atoms with Crippen LogP contribution in [0.1, 0.15) is 207 Å². The second kappa shape index (κ2) is 54.9. The van der Waals surface area contributed by atoms with Crippen LogP contribution in [0.15, 0.2) is 97.2 Å². The molecule has 38 heteroatoms. The summed E-state index contributed by atoms with van der Waals surface area (Å²) >= 11 is 0. The fourth-order valence-corrected chi connectivity index (χ4v) is 15.2. The lowest BCUT2D eigenvalue weighted by Gasteiger charge is -2.35. The summed E-state index contributed by atoms with van der Waals surface area (Å²) in [6.45, 7) is 11.4. The fourth-order valence-electron chi connectivity index (χ4n) is 15.2. The minimum absolute atomic E-state index is 0.00317. The Kier molecular flexibility index (Phi) is 45.7. The Bertz CT molecular complexity index is 4580. The SMILES string of the molecule is CC(=O)N[C@@H](CC(C)C)C(=O)N[C@H](C(=O)C(=O)[C@H](Cc1ccccc1)NN[C@]1(C)CCCCCCC=CCCC[C@@](C)(C(=O)N[C@@H](CO)C(=O)CN[C@@H](C)C(=O)CCN[C@@H](C)C(=O)CN)NC(=O)[C@H](CC2CCC2)NN[C@@H](CCC(N)=O)C(=O)CN[C@@H](C)C(=O)CC(=O)[C@H](Cc2c[nH]c3ccccc23)NN[C@@H](Cc2ccc(O)cc2)C(=O)C(=O)[C@H](CCC(=O)O)NC1=O)[C@@H](C)O. The number of aromatic amines is 1. The number of phenolic OH excluding ortho intramolecular Hbond substituents is 1. The number of phenols is 1. The number of fused-ring (bicyclic) bond motifs is 1. The number of rotatable bonds is 40. The number of nitrogens with two attached hydrogens (primary N) is 2. The summed E-state index contributed by atoms with van der Waals surface area (Å²) in [5.41, 5.74) is 27.0. The van der Waals surface area contributed by atoms with Crippen molar-refractivity contribution in [2.45, 2.75) is 300 Å². The van der Waals surface area contributed by atoms with E-state index in [-0.39, 0.29) is 119 Å². The summed E-state index contributed by atoms with van der Waals surface area (Å²) in [6, 6.07) is 4.73. The molecule has 720 valence electrons. The predicted octanol–water partition coefficient (Wildman–Crippen LogP) is 0.804. The Balaban J connectivity index is 1.40. The molecule has 23 N–H and O–H groups in total. The molecule has 1 aromatic heterocycles. The lowest BCUT2D eigenvalue weighted by molar-refractivity contribution is -0.143. The number of carboxylic acids is 1. The highest BCUT2D eigenvalue weighted by molar-refractivity contribution is 6.42. The largest absolute Gasteiger partial charge is 0.508 e. The lowest BCUT2D eigenvalue weighted by Crippen LogP contribution is -2.66. The maximum absolute atomic E-state index is 15.6. The molecular formula is C93H137N17O21. The molecule has 2 aliphatic rings. The summed E-state index contributed by atoms with van der Waals surface area (Å²) in [5, 5.41) is 64.9. The van der Waals surface area contributed by atoms with Crippen molar-refractivity contribution in [2.75, 3.05) is 32.8 Å². The number of aliphatic hydroxyl groups is 2. The molecule has 38 nitrogen and oxygen atoms in total. The normalized spacial score (nSPS) is 22.8. The van der Waals surface area contributed by atoms with Gasteiger partial charge in [-0.1, -0.05) is 125 Å². The number of nitrogens with one attached hydrogen (secondary N) is 15. The van der Waals surface area contributed by atoms with Crippen molar-refractivity contribution in [1.82, 2.24) is 80.1 Å². The quantitative estimate of drug-likeness (QED) is 0.0127. The van der Waals surface area contributed by atoms with E-state index in [0.717, 1.165) is 19.3 Å². The molecule has 1 aliphatic carbocycles. The first kappa shape index (κ1) is 109. The van der Waals surface area contributed by atoms with Gasteiger partial charge in [0.1, 0.15) is 41.0 Å². The number of aromatic nitrogens is 1. The van der Waals surface area contributed by atoms with Crippen LogP contribution >= 0.6 is 0 Å². The van der Waals surface area contributed by atoms with Crippen molar-refractivity contribution >= 4 is 110 Å². The number of hydrazine groups is 3. The Morgan fingerprint density at radius 2 is 1.25 bits per heavy atom. The monoisotopic (exact) mass is 1830 g/mol. The molecule has 0 unspecified atom stereocenters. The number of hydrogen-bond acceptors (Lipinski definition) is 30. The molecule has 0 radical (unpaired) electrons. The third-order valence-corrected chi connectivity index (χ3v) is 23.8. The van der Waals surface area contributed by atoms with Gasteiger partial charge in [0.2, 0.25) is 58.6 Å². The van der Waals surface area contributed by atoms with E-state index in [2.05, 4.69) is 80.1 Å². The Hall–Kier alpha value is -10.8. The minimum atomic E-state index is -1.95. The number of para-hydroxylation sites is 1. The molecule has 1 fully saturated rings. The van der Waals surface area contributed by atoms with E-state index >= 15 is 19.2 Å². The van der Waals surface area contributed by atoms with Crippen molar-refractivity contribution < 1.29 is 102 Å². The number of carboxylic acid groups (broad SMARTS) is 1. The van der Waals surface area contributed by atoms with Gasteiger partial charge in [0, 0.05) is 49.8 Å². The van der Waals surface area contributed by atoms with Crippen LogP contribution in [0.25, 0.3) is 10.9 Å². The second-order valence-corrected chi connectivity index (χ2v) is 35.3. The van der Waals surface area contributed by atoms with E-state index in [1.165, 1.54) is 65.8 Å². The average molecular weight is 1830 g/mol. The van der Waals surface area contributed by atoms with Crippen LogP contribution < -0.4 is 86.6 Å². The summed E-state index contributed by atoms with van der Waals surface area (Å²) in [4.78, 5) is 243. The van der Waals surface area contributed by atoms with Crippen molar-refractivity contribution in [1.29, 1.82) is 0 Å². The van der Waals surface area contributed by atoms with Crippen LogP contribution in [-0.4, -0.2) is 247 Å². The molecule has 0 bridgehead atoms. The predicted molar refractivity (Wildman–Crippen MR) is 487 cm³/mol. The van der Waals surface area contributed by atoms with Gasteiger partial charge in [-0.2, -0.15) is 0 Å². The van der Waals surface area contributed by atoms with Crippen LogP contribution in [0.4, 0.5) is 0 Å². The zero-order valence-corrected chi connectivity index (χ0v) is 76.6. The summed E-state index contributed by atoms with van der Waals surface area (Å²) < 4.78 is 0. The Labute approximate surface area is 764 Å². The molecule has 1 aliphatic heterocycles. The first-order chi connectivity index (χ1) is 62.2. The van der Waals surface area contributed by atoms with E-state index < -0.39 is 216 Å². The van der Waals surface area contributed by atoms with Crippen LogP contribution in [-0.2, 0) is 101 Å². The topological polar surface area (TPSA) is 607 Å². The van der Waals surface area contributed by atoms with Gasteiger partial charge >= 0.3 is 5.97 Å². The van der Waals surface area contributed by atoms with Crippen molar-refractivity contribution in [3.8, 4) is 5.75 Å². The molecule has 4 aromatic rings. The molecule has 6 amide bonds. The maximum atomic E-state index is 15.6. The number of carbonyl (C=O) groups excluding carboxylic acids is 16. The smallest absolute Gasteiger partial charge is 0.303 e. The van der Waals surface area contributed by atoms with Crippen molar-refractivity contribution in [3.05, 3.63) is 114 Å². The molecule has 15 atom stereocenters. The number of aliphatic hydroxyl groups excluding tert-OH is 2. The van der Waals surface area contributed by atoms with Gasteiger partial charge in [0.15, 0.2) is 34.7 Å². The number of carbonyl (C=O) groups is 17. The standard InChI is InChI=1S/C93H137N17O21/c1-54(2)43-72(100-59(7)113)88(128)103-83(58(6)112)87(127)86(126)71(44-60-25-18-17-19-26-60)109-110-93(9)41-23-16-14-12-10-11-13-15-22-40-92(8,90(130)102-74(53-111)80(120)52-97-55(3)75(115)39-42-96-57(5)78(118)49-94)104-89(129)73(46-61-27-24-28-61)108-105-67(35-37-81(95)121)79(119)51-98-56(4)76(116)48-77(117)69(47-63-50-99-66-30-21-20-29-65(63)66)106-107-70(45-62-31-33-64(114)34-32-62)85(125)84(124)68(101-91(93)131)36-38-82(122)123/h11,13,17-21,25-26,29-34,50,54-58,61,67-74,83,96-99,105-112,114H,10,12,14-16,22-24,27-28,35-49,51-53,94H2,1-9H3,(H2,95,121)(H,100,113)(H,101,131)(H,102,130)(H,103,128)(H,104,129)(H,122,123)/t55-,56-,57-,58+,67-,68-,69-,70-,71-,72-,73-,74-,83-,92-,93+/m0/s1. The number of aromatic hydroxyl groups is 1. The van der Waals surface area contributed by atoms with E-state index in [4.69, 9.17) is 11.5 Å². The Morgan fingerprint density at radius 1 is 0.618 bits per heavy atom. The summed E-state index contributed by atoms with van der Waals surface area (Å²) in [6.07, 6.45) is 5.46. The number of benzene rings is 3. The fraction of sp³-hybridized carbons (Fsp3) is 0.581. The van der Waals surface area contributed by atoms with Gasteiger partial charge < -0.3 is 79.4 Å². The van der Waals surface area contributed by atoms with E-state index in [0.29, 0.717) is 59.7 Å². The number of hydrogen-bond donors (Lipinski definition) is 21. The second-order valence-electron chi connectivity index (χ2n) is 35.3. The third kappa shape index (κ3) is 36.4. The highest BCUT2D eigenvalue weighted by atomic mass is 16.4. The van der Waals surface area contributed by atoms with Gasteiger partial charge in [-0.15, -0.1) is 0 Å². The number of amides is 6. The van der Waals surface area contributed by atoms with Crippen LogP contribution in [0.3, 0.4) is 0 Å². The third-order valence-electron chi connectivity index (χ3n) is 23.8. The number of primary amides is 1. The molecular weight excluding hydrogens is 1690 g/mol. The zero-order chi connectivity index (χ0) is 96.7. The van der Waals surface area contributed by atoms with Crippen molar-refractivity contribution in [2.24, 2.45) is 23.3 Å². The zero-order valence-electron chi connectivity index (χ0n) is 76.6. The number of allylic oxidation sites excluding steroid dienone is 2. The highest BCUT2D eigenvalue weighted by Crippen LogP contribution is 2.31. The molecule has 131 heavy (non-hydrogen) atoms. The van der Waals surface area contributed by atoms with Crippen molar-refractivity contribution in [3.63, 3.8) is 0 Å². The van der Waals surface area contributed by atoms with Crippen LogP contribution in [0, 0.1) is 11.8 Å². The number of aliphatic carboxylic acids is 1. The van der Waals surface area contributed by atoms with Crippen LogP contribution in [0.2, 0.25) is 0 Å². The number of ketones is 10. The molecule has 1 saturated carbocycles. The average Bonchev–Trinajstić information content (AvgIpc) is 1.81. The van der Waals surface area contributed by atoms with Gasteiger partial charge in [-0.25, -0.2) is 32.6 Å². The Morgan fingerprint density at radius 3 is 1.89 bits per heavy atom. The first-order valence-corrected chi connectivity index (χ1v) is 45.3. The van der Waals surface area contributed by atoms with Gasteiger partial charge in [0.05, 0.1) is 87.1 Å². The lowest BCUT2D eigenvalue weighted by atomic mass is 9.80.